The van der Waals surface area contributed by atoms with Crippen LogP contribution in [0.5, 0.6) is 0 Å². The maximum absolute atomic E-state index is 5.78. The summed E-state index contributed by atoms with van der Waals surface area (Å²) in [6.45, 7) is 4.32. The molecule has 0 aromatic carbocycles. The van der Waals surface area contributed by atoms with Gasteiger partial charge < -0.3 is 0 Å². The van der Waals surface area contributed by atoms with E-state index in [4.69, 9.17) is 11.6 Å². The van der Waals surface area contributed by atoms with E-state index in [1.807, 2.05) is 12.1 Å². The Kier molecular flexibility index (Phi) is 3.13. The van der Waals surface area contributed by atoms with E-state index in [0.29, 0.717) is 5.15 Å². The lowest BCUT2D eigenvalue weighted by atomic mass is 9.88. The Morgan fingerprint density at radius 2 is 2.25 bits per heavy atom. The van der Waals surface area contributed by atoms with Crippen molar-refractivity contribution in [3.63, 3.8) is 0 Å². The molecule has 3 heteroatoms. The maximum atomic E-state index is 5.78. The highest BCUT2D eigenvalue weighted by Gasteiger charge is 2.18. The van der Waals surface area contributed by atoms with Gasteiger partial charge in [0.15, 0.2) is 0 Å². The van der Waals surface area contributed by atoms with Crippen LogP contribution < -0.4 is 0 Å². The van der Waals surface area contributed by atoms with E-state index in [0.717, 1.165) is 5.33 Å². The van der Waals surface area contributed by atoms with Crippen LogP contribution in [0.1, 0.15) is 19.4 Å². The van der Waals surface area contributed by atoms with E-state index in [9.17, 15) is 0 Å². The van der Waals surface area contributed by atoms with Gasteiger partial charge in [0.1, 0.15) is 5.15 Å². The largest absolute Gasteiger partial charge is 0.245 e. The maximum Gasteiger partial charge on any atom is 0.129 e. The molecule has 0 bridgehead atoms. The molecule has 0 fully saturated rings. The highest BCUT2D eigenvalue weighted by atomic mass is 79.9. The van der Waals surface area contributed by atoms with Crippen molar-refractivity contribution in [2.24, 2.45) is 0 Å². The van der Waals surface area contributed by atoms with Crippen LogP contribution in [0, 0.1) is 0 Å². The summed E-state index contributed by atoms with van der Waals surface area (Å²) in [6, 6.07) is 3.90. The third kappa shape index (κ3) is 2.20. The SMILES string of the molecule is CC(C)(CBr)c1ccnc(Cl)c1. The number of alkyl halides is 1. The second-order valence-electron chi connectivity index (χ2n) is 3.38. The molecule has 1 aromatic heterocycles. The first kappa shape index (κ1) is 10.0. The van der Waals surface area contributed by atoms with Gasteiger partial charge in [-0.15, -0.1) is 0 Å². The van der Waals surface area contributed by atoms with Crippen molar-refractivity contribution >= 4 is 27.5 Å². The van der Waals surface area contributed by atoms with E-state index in [2.05, 4.69) is 34.8 Å². The van der Waals surface area contributed by atoms with Gasteiger partial charge in [0.25, 0.3) is 0 Å². The van der Waals surface area contributed by atoms with Gasteiger partial charge in [-0.2, -0.15) is 0 Å². The average molecular weight is 249 g/mol. The number of halogens is 2. The van der Waals surface area contributed by atoms with Gasteiger partial charge in [-0.25, -0.2) is 4.98 Å². The van der Waals surface area contributed by atoms with Crippen LogP contribution >= 0.6 is 27.5 Å². The molecule has 66 valence electrons. The molecule has 0 aliphatic carbocycles. The molecule has 0 aliphatic rings. The first-order valence-electron chi connectivity index (χ1n) is 3.74. The summed E-state index contributed by atoms with van der Waals surface area (Å²) in [5.74, 6) is 0. The van der Waals surface area contributed by atoms with Crippen molar-refractivity contribution < 1.29 is 0 Å². The Balaban J connectivity index is 3.03. The predicted molar refractivity (Wildman–Crippen MR) is 56.1 cm³/mol. The second-order valence-corrected chi connectivity index (χ2v) is 4.33. The van der Waals surface area contributed by atoms with Crippen LogP contribution in [0.25, 0.3) is 0 Å². The third-order valence-corrected chi connectivity index (χ3v) is 3.45. The monoisotopic (exact) mass is 247 g/mol. The molecule has 0 atom stereocenters. The zero-order chi connectivity index (χ0) is 9.19. The zero-order valence-corrected chi connectivity index (χ0v) is 9.48. The number of pyridine rings is 1. The summed E-state index contributed by atoms with van der Waals surface area (Å²) < 4.78 is 0. The van der Waals surface area contributed by atoms with E-state index < -0.39 is 0 Å². The van der Waals surface area contributed by atoms with Gasteiger partial charge in [-0.1, -0.05) is 41.4 Å². The summed E-state index contributed by atoms with van der Waals surface area (Å²) in [5, 5.41) is 1.47. The lowest BCUT2D eigenvalue weighted by molar-refractivity contribution is 0.605. The molecule has 1 rings (SSSR count). The fourth-order valence-electron chi connectivity index (χ4n) is 0.901. The average Bonchev–Trinajstić information content (AvgIpc) is 2.05. The van der Waals surface area contributed by atoms with Gasteiger partial charge in [-0.3, -0.25) is 0 Å². The molecular weight excluding hydrogens is 237 g/mol. The Hall–Kier alpha value is -0.0800. The highest BCUT2D eigenvalue weighted by Crippen LogP contribution is 2.26. The predicted octanol–water partition coefficient (Wildman–Crippen LogP) is 3.41. The minimum atomic E-state index is 0.118. The number of hydrogen-bond acceptors (Lipinski definition) is 1. The summed E-state index contributed by atoms with van der Waals surface area (Å²) >= 11 is 9.25. The molecule has 0 unspecified atom stereocenters. The Morgan fingerprint density at radius 1 is 1.58 bits per heavy atom. The normalized spacial score (nSPS) is 11.7. The minimum Gasteiger partial charge on any atom is -0.245 e. The van der Waals surface area contributed by atoms with Crippen molar-refractivity contribution in [3.05, 3.63) is 29.0 Å². The van der Waals surface area contributed by atoms with Crippen LogP contribution in [0.2, 0.25) is 5.15 Å². The van der Waals surface area contributed by atoms with E-state index in [1.54, 1.807) is 6.20 Å². The third-order valence-electron chi connectivity index (χ3n) is 1.84. The van der Waals surface area contributed by atoms with Crippen molar-refractivity contribution in [3.8, 4) is 0 Å². The standard InChI is InChI=1S/C9H11BrClN/c1-9(2,6-10)7-3-4-12-8(11)5-7/h3-5H,6H2,1-2H3. The lowest BCUT2D eigenvalue weighted by Gasteiger charge is -2.21. The van der Waals surface area contributed by atoms with Crippen molar-refractivity contribution in [1.82, 2.24) is 4.98 Å². The molecule has 0 amide bonds. The van der Waals surface area contributed by atoms with Gasteiger partial charge in [0, 0.05) is 11.5 Å². The molecule has 1 heterocycles. The fourth-order valence-corrected chi connectivity index (χ4v) is 1.40. The first-order valence-corrected chi connectivity index (χ1v) is 5.24. The molecular formula is C9H11BrClN. The van der Waals surface area contributed by atoms with E-state index in [-0.39, 0.29) is 5.41 Å². The molecule has 1 aromatic rings. The van der Waals surface area contributed by atoms with Gasteiger partial charge in [0.05, 0.1) is 0 Å². The molecule has 0 spiro atoms. The number of aromatic nitrogens is 1. The number of hydrogen-bond donors (Lipinski definition) is 0. The van der Waals surface area contributed by atoms with Crippen molar-refractivity contribution in [2.45, 2.75) is 19.3 Å². The van der Waals surface area contributed by atoms with Crippen LogP contribution in [-0.4, -0.2) is 10.3 Å². The van der Waals surface area contributed by atoms with Crippen LogP contribution in [0.3, 0.4) is 0 Å². The van der Waals surface area contributed by atoms with E-state index in [1.165, 1.54) is 5.56 Å². The second kappa shape index (κ2) is 3.75. The first-order chi connectivity index (χ1) is 5.56. The molecule has 1 nitrogen and oxygen atoms in total. The number of nitrogens with zero attached hydrogens (tertiary/aromatic N) is 1. The zero-order valence-electron chi connectivity index (χ0n) is 7.14. The minimum absolute atomic E-state index is 0.118. The Morgan fingerprint density at radius 3 is 2.75 bits per heavy atom. The van der Waals surface area contributed by atoms with E-state index >= 15 is 0 Å². The molecule has 0 N–H and O–H groups in total. The molecule has 0 saturated heterocycles. The summed E-state index contributed by atoms with van der Waals surface area (Å²) in [7, 11) is 0. The van der Waals surface area contributed by atoms with Crippen molar-refractivity contribution in [2.75, 3.05) is 5.33 Å². The molecule has 12 heavy (non-hydrogen) atoms. The number of rotatable bonds is 2. The Bertz CT molecular complexity index is 273. The summed E-state index contributed by atoms with van der Waals surface area (Å²) in [5.41, 5.74) is 1.33. The van der Waals surface area contributed by atoms with Gasteiger partial charge in [0.2, 0.25) is 0 Å². The summed E-state index contributed by atoms with van der Waals surface area (Å²) in [6.07, 6.45) is 1.74. The van der Waals surface area contributed by atoms with Crippen LogP contribution in [0.4, 0.5) is 0 Å². The lowest BCUT2D eigenvalue weighted by Crippen LogP contribution is -2.18. The smallest absolute Gasteiger partial charge is 0.129 e. The highest BCUT2D eigenvalue weighted by molar-refractivity contribution is 9.09. The van der Waals surface area contributed by atoms with Crippen molar-refractivity contribution in [1.29, 1.82) is 0 Å². The fraction of sp³-hybridized carbons (Fsp3) is 0.444. The molecule has 0 radical (unpaired) electrons. The molecule has 0 saturated carbocycles. The van der Waals surface area contributed by atoms with Gasteiger partial charge in [-0.05, 0) is 23.1 Å². The van der Waals surface area contributed by atoms with Crippen LogP contribution in [-0.2, 0) is 5.41 Å². The molecule has 0 aliphatic heterocycles. The van der Waals surface area contributed by atoms with Crippen LogP contribution in [0.15, 0.2) is 18.3 Å². The Labute approximate surface area is 86.3 Å². The quantitative estimate of drug-likeness (QED) is 0.577. The summed E-state index contributed by atoms with van der Waals surface area (Å²) in [4.78, 5) is 3.94. The topological polar surface area (TPSA) is 12.9 Å². The van der Waals surface area contributed by atoms with Gasteiger partial charge >= 0.3 is 0 Å².